The van der Waals surface area contributed by atoms with Gasteiger partial charge in [-0.25, -0.2) is 0 Å². The number of methoxy groups -OCH3 is 1. The molecule has 4 aliphatic rings. The molecule has 6 heteroatoms. The fourth-order valence-corrected chi connectivity index (χ4v) is 8.67. The van der Waals surface area contributed by atoms with Gasteiger partial charge in [-0.1, -0.05) is 13.8 Å². The van der Waals surface area contributed by atoms with Crippen molar-refractivity contribution >= 4 is 5.78 Å². The zero-order valence-corrected chi connectivity index (χ0v) is 18.5. The van der Waals surface area contributed by atoms with E-state index >= 15 is 0 Å². The molecule has 0 radical (unpaired) electrons. The first-order valence-electron chi connectivity index (χ1n) is 11.8. The zero-order chi connectivity index (χ0) is 21.9. The molecular weight excluding hydrogens is 393 g/mol. The van der Waals surface area contributed by atoms with E-state index in [0.29, 0.717) is 36.2 Å². The number of alkyl halides is 3. The molecule has 0 heterocycles. The van der Waals surface area contributed by atoms with Crippen LogP contribution in [0.15, 0.2) is 0 Å². The van der Waals surface area contributed by atoms with E-state index in [1.54, 1.807) is 7.11 Å². The number of halogens is 3. The number of Topliss-reactive ketones (excluding diaryl/α,β-unsaturated/α-hetero) is 1. The summed E-state index contributed by atoms with van der Waals surface area (Å²) >= 11 is 0. The summed E-state index contributed by atoms with van der Waals surface area (Å²) in [5.74, 6) is 0.153. The van der Waals surface area contributed by atoms with Crippen LogP contribution in [0.4, 0.5) is 13.2 Å². The topological polar surface area (TPSA) is 46.5 Å². The third kappa shape index (κ3) is 3.64. The van der Waals surface area contributed by atoms with Crippen LogP contribution in [0.3, 0.4) is 0 Å². The van der Waals surface area contributed by atoms with Crippen molar-refractivity contribution in [1.29, 1.82) is 0 Å². The molecule has 4 aliphatic carbocycles. The summed E-state index contributed by atoms with van der Waals surface area (Å²) in [5, 5.41) is 10.9. The number of hydrogen-bond acceptors (Lipinski definition) is 3. The summed E-state index contributed by atoms with van der Waals surface area (Å²) in [5.41, 5.74) is -0.850. The van der Waals surface area contributed by atoms with Crippen molar-refractivity contribution in [3.63, 3.8) is 0 Å². The fourth-order valence-electron chi connectivity index (χ4n) is 8.67. The van der Waals surface area contributed by atoms with Crippen LogP contribution in [0.25, 0.3) is 0 Å². The molecule has 9 atom stereocenters. The molecule has 0 aromatic carbocycles. The molecule has 4 fully saturated rings. The largest absolute Gasteiger partial charge is 0.450 e. The molecule has 4 saturated carbocycles. The van der Waals surface area contributed by atoms with Gasteiger partial charge in [-0.05, 0) is 98.7 Å². The van der Waals surface area contributed by atoms with Crippen molar-refractivity contribution in [2.75, 3.05) is 13.7 Å². The molecule has 4 rings (SSSR count). The molecular formula is C24H37F3O3. The predicted octanol–water partition coefficient (Wildman–Crippen LogP) is 5.40. The minimum atomic E-state index is -4.73. The first-order valence-corrected chi connectivity index (χ1v) is 11.8. The van der Waals surface area contributed by atoms with Crippen LogP contribution in [0.5, 0.6) is 0 Å². The van der Waals surface area contributed by atoms with Crippen molar-refractivity contribution in [3.8, 4) is 0 Å². The molecule has 0 aromatic rings. The third-order valence-electron chi connectivity index (χ3n) is 9.89. The second-order valence-corrected chi connectivity index (χ2v) is 11.2. The molecule has 0 saturated heterocycles. The number of ketones is 1. The van der Waals surface area contributed by atoms with E-state index in [1.807, 2.05) is 0 Å². The Balaban J connectivity index is 1.49. The van der Waals surface area contributed by atoms with Gasteiger partial charge in [-0.2, -0.15) is 13.2 Å². The number of rotatable bonds is 4. The lowest BCUT2D eigenvalue weighted by Gasteiger charge is -2.57. The van der Waals surface area contributed by atoms with E-state index in [9.17, 15) is 23.1 Å². The first-order chi connectivity index (χ1) is 14.0. The second kappa shape index (κ2) is 7.75. The van der Waals surface area contributed by atoms with E-state index in [2.05, 4.69) is 6.92 Å². The Bertz CT molecular complexity index is 665. The van der Waals surface area contributed by atoms with Crippen LogP contribution in [0, 0.1) is 46.8 Å². The van der Waals surface area contributed by atoms with Crippen molar-refractivity contribution in [3.05, 3.63) is 0 Å². The van der Waals surface area contributed by atoms with Gasteiger partial charge in [-0.15, -0.1) is 0 Å². The Morgan fingerprint density at radius 1 is 1.07 bits per heavy atom. The van der Waals surface area contributed by atoms with Gasteiger partial charge in [-0.3, -0.25) is 4.79 Å². The average Bonchev–Trinajstić information content (AvgIpc) is 3.03. The molecule has 0 bridgehead atoms. The van der Waals surface area contributed by atoms with Crippen molar-refractivity contribution in [1.82, 2.24) is 0 Å². The summed E-state index contributed by atoms with van der Waals surface area (Å²) < 4.78 is 44.5. The lowest BCUT2D eigenvalue weighted by atomic mass is 9.48. The maximum absolute atomic E-state index is 13.1. The van der Waals surface area contributed by atoms with E-state index in [1.165, 1.54) is 6.92 Å². The van der Waals surface area contributed by atoms with Crippen LogP contribution in [0.2, 0.25) is 0 Å². The minimum absolute atomic E-state index is 0.153. The number of carbonyl (C=O) groups is 1. The van der Waals surface area contributed by atoms with Crippen molar-refractivity contribution < 1.29 is 27.8 Å². The van der Waals surface area contributed by atoms with Crippen LogP contribution < -0.4 is 0 Å². The predicted molar refractivity (Wildman–Crippen MR) is 108 cm³/mol. The van der Waals surface area contributed by atoms with Gasteiger partial charge < -0.3 is 9.84 Å². The second-order valence-electron chi connectivity index (χ2n) is 11.2. The average molecular weight is 431 g/mol. The van der Waals surface area contributed by atoms with Gasteiger partial charge in [0.25, 0.3) is 0 Å². The quantitative estimate of drug-likeness (QED) is 0.650. The standard InChI is InChI=1S/C24H37F3O3/c1-14(21(28)24(25,26)27)19-6-7-20-18-5-4-15-12-23(29,13-30-3)11-9-16(15)17(18)8-10-22(19,20)2/h14-20,29H,4-13H2,1-3H3/t14?,15-,16+,17-,18-,19-,20+,22-,23+/m1/s1. The molecule has 1 unspecified atom stereocenters. The highest BCUT2D eigenvalue weighted by molar-refractivity contribution is 5.86. The highest BCUT2D eigenvalue weighted by atomic mass is 19.4. The number of hydrogen-bond donors (Lipinski definition) is 1. The molecule has 172 valence electrons. The van der Waals surface area contributed by atoms with Gasteiger partial charge in [0.1, 0.15) is 0 Å². The van der Waals surface area contributed by atoms with Crippen LogP contribution >= 0.6 is 0 Å². The molecule has 30 heavy (non-hydrogen) atoms. The summed E-state index contributed by atoms with van der Waals surface area (Å²) in [7, 11) is 1.64. The molecule has 3 nitrogen and oxygen atoms in total. The zero-order valence-electron chi connectivity index (χ0n) is 18.5. The summed E-state index contributed by atoms with van der Waals surface area (Å²) in [6, 6.07) is 0. The molecule has 0 amide bonds. The number of carbonyl (C=O) groups excluding carboxylic acids is 1. The molecule has 1 N–H and O–H groups in total. The Kier molecular flexibility index (Phi) is 5.83. The van der Waals surface area contributed by atoms with E-state index < -0.39 is 23.5 Å². The molecule has 0 aliphatic heterocycles. The smallest absolute Gasteiger partial charge is 0.387 e. The van der Waals surface area contributed by atoms with Crippen LogP contribution in [0.1, 0.15) is 71.6 Å². The van der Waals surface area contributed by atoms with Gasteiger partial charge in [0, 0.05) is 13.0 Å². The number of aliphatic hydroxyl groups is 1. The van der Waals surface area contributed by atoms with Gasteiger partial charge in [0.2, 0.25) is 5.78 Å². The highest BCUT2D eigenvalue weighted by Gasteiger charge is 2.60. The van der Waals surface area contributed by atoms with Crippen molar-refractivity contribution in [2.45, 2.75) is 83.4 Å². The van der Waals surface area contributed by atoms with E-state index in [4.69, 9.17) is 4.74 Å². The fraction of sp³-hybridized carbons (Fsp3) is 0.958. The summed E-state index contributed by atoms with van der Waals surface area (Å²) in [6.07, 6.45) is 3.82. The monoisotopic (exact) mass is 430 g/mol. The summed E-state index contributed by atoms with van der Waals surface area (Å²) in [4.78, 5) is 12.0. The highest BCUT2D eigenvalue weighted by Crippen LogP contribution is 2.65. The Morgan fingerprint density at radius 3 is 2.43 bits per heavy atom. The maximum atomic E-state index is 13.1. The first kappa shape index (κ1) is 22.6. The minimum Gasteiger partial charge on any atom is -0.387 e. The molecule has 0 aromatic heterocycles. The SMILES string of the molecule is COC[C@]1(O)CC[C@H]2[C@H](CC[C@@H]3[C@@H]2CC[C@]2(C)[C@@H](C(C)C(=O)C(F)(F)F)CC[C@@H]32)C1. The Hall–Kier alpha value is -0.620. The lowest BCUT2D eigenvalue weighted by molar-refractivity contribution is -0.179. The van der Waals surface area contributed by atoms with Gasteiger partial charge in [0.05, 0.1) is 12.2 Å². The van der Waals surface area contributed by atoms with Crippen LogP contribution in [-0.4, -0.2) is 36.4 Å². The Labute approximate surface area is 178 Å². The maximum Gasteiger partial charge on any atom is 0.450 e. The van der Waals surface area contributed by atoms with Crippen LogP contribution in [-0.2, 0) is 9.53 Å². The lowest BCUT2D eigenvalue weighted by Crippen LogP contribution is -2.52. The van der Waals surface area contributed by atoms with Gasteiger partial charge >= 0.3 is 6.18 Å². The third-order valence-corrected chi connectivity index (χ3v) is 9.89. The van der Waals surface area contributed by atoms with E-state index in [0.717, 1.165) is 57.8 Å². The summed E-state index contributed by atoms with van der Waals surface area (Å²) in [6.45, 7) is 4.09. The van der Waals surface area contributed by atoms with Gasteiger partial charge in [0.15, 0.2) is 0 Å². The molecule has 0 spiro atoms. The number of fused-ring (bicyclic) bond motifs is 5. The van der Waals surface area contributed by atoms with Crippen molar-refractivity contribution in [2.24, 2.45) is 46.8 Å². The normalized spacial score (nSPS) is 47.2. The van der Waals surface area contributed by atoms with E-state index in [-0.39, 0.29) is 11.3 Å². The Morgan fingerprint density at radius 2 is 1.77 bits per heavy atom. The number of ether oxygens (including phenoxy) is 1.